The van der Waals surface area contributed by atoms with E-state index in [2.05, 4.69) is 25.8 Å². The molecule has 26 heavy (non-hydrogen) atoms. The van der Waals surface area contributed by atoms with Crippen LogP contribution in [0.1, 0.15) is 24.4 Å². The number of fused-ring (bicyclic) bond motifs is 1. The Morgan fingerprint density at radius 1 is 1.08 bits per heavy atom. The Labute approximate surface area is 155 Å². The van der Waals surface area contributed by atoms with E-state index in [0.717, 1.165) is 54.7 Å². The highest BCUT2D eigenvalue weighted by Gasteiger charge is 2.39. The number of rotatable bonds is 3. The fourth-order valence-electron chi connectivity index (χ4n) is 4.19. The number of hydrogen-bond donors (Lipinski definition) is 0. The summed E-state index contributed by atoms with van der Waals surface area (Å²) in [7, 11) is 4.02. The van der Waals surface area contributed by atoms with Crippen molar-refractivity contribution in [3.63, 3.8) is 0 Å². The zero-order valence-corrected chi connectivity index (χ0v) is 16.1. The van der Waals surface area contributed by atoms with Gasteiger partial charge in [0.05, 0.1) is 6.04 Å². The number of aryl methyl sites for hydroxylation is 2. The van der Waals surface area contributed by atoms with Crippen molar-refractivity contribution in [3.05, 3.63) is 29.8 Å². The van der Waals surface area contributed by atoms with Crippen LogP contribution in [-0.4, -0.2) is 59.7 Å². The van der Waals surface area contributed by atoms with E-state index in [-0.39, 0.29) is 0 Å². The van der Waals surface area contributed by atoms with Crippen LogP contribution >= 0.6 is 0 Å². The van der Waals surface area contributed by atoms with E-state index in [0.29, 0.717) is 6.04 Å². The van der Waals surface area contributed by atoms with Gasteiger partial charge in [0.1, 0.15) is 17.5 Å². The first kappa shape index (κ1) is 17.0. The first-order valence-electron chi connectivity index (χ1n) is 9.35. The van der Waals surface area contributed by atoms with Gasteiger partial charge >= 0.3 is 0 Å². The number of aromatic nitrogens is 4. The maximum absolute atomic E-state index is 4.73. The van der Waals surface area contributed by atoms with Crippen LogP contribution in [0.25, 0.3) is 0 Å². The quantitative estimate of drug-likeness (QED) is 0.837. The first-order chi connectivity index (χ1) is 12.5. The molecular weight excluding hydrogens is 326 g/mol. The predicted octanol–water partition coefficient (Wildman–Crippen LogP) is 2.05. The number of nitrogens with zero attached hydrogens (tertiary/aromatic N) is 7. The van der Waals surface area contributed by atoms with Gasteiger partial charge in [-0.15, -0.1) is 0 Å². The van der Waals surface area contributed by atoms with Crippen molar-refractivity contribution in [1.82, 2.24) is 19.9 Å². The zero-order valence-electron chi connectivity index (χ0n) is 16.1. The lowest BCUT2D eigenvalue weighted by molar-refractivity contribution is 0.386. The van der Waals surface area contributed by atoms with Gasteiger partial charge in [0.15, 0.2) is 0 Å². The van der Waals surface area contributed by atoms with E-state index in [1.54, 1.807) is 0 Å². The third-order valence-electron chi connectivity index (χ3n) is 5.48. The number of piperidine rings is 1. The molecule has 0 aromatic carbocycles. The van der Waals surface area contributed by atoms with Gasteiger partial charge in [-0.05, 0) is 38.7 Å². The van der Waals surface area contributed by atoms with Gasteiger partial charge in [-0.3, -0.25) is 0 Å². The number of anilines is 3. The van der Waals surface area contributed by atoms with Crippen molar-refractivity contribution >= 4 is 17.6 Å². The van der Waals surface area contributed by atoms with Crippen LogP contribution in [0, 0.1) is 19.8 Å². The summed E-state index contributed by atoms with van der Waals surface area (Å²) in [4.78, 5) is 25.2. The molecule has 4 heterocycles. The second kappa shape index (κ2) is 6.70. The summed E-state index contributed by atoms with van der Waals surface area (Å²) in [6.45, 7) is 7.05. The molecule has 2 aliphatic heterocycles. The summed E-state index contributed by atoms with van der Waals surface area (Å²) >= 11 is 0. The summed E-state index contributed by atoms with van der Waals surface area (Å²) in [5.41, 5.74) is 1.03. The topological polar surface area (TPSA) is 61.3 Å². The normalized spacial score (nSPS) is 22.5. The van der Waals surface area contributed by atoms with Crippen molar-refractivity contribution in [2.24, 2.45) is 5.92 Å². The zero-order chi connectivity index (χ0) is 18.3. The standard InChI is InChI=1S/C19H27N7/c1-13-11-18(22-14(2)21-13)26-10-7-15-6-9-25(12-16(15)26)19-20-8-5-17(23-19)24(3)4/h5,8,11,15-16H,6-7,9-10,12H2,1-4H3. The second-order valence-electron chi connectivity index (χ2n) is 7.57. The summed E-state index contributed by atoms with van der Waals surface area (Å²) < 4.78 is 0. The molecule has 0 bridgehead atoms. The molecule has 0 saturated carbocycles. The Hall–Kier alpha value is -2.44. The molecule has 7 heteroatoms. The van der Waals surface area contributed by atoms with Gasteiger partial charge in [0.25, 0.3) is 0 Å². The summed E-state index contributed by atoms with van der Waals surface area (Å²) in [6, 6.07) is 4.52. The van der Waals surface area contributed by atoms with Crippen LogP contribution in [0.5, 0.6) is 0 Å². The highest BCUT2D eigenvalue weighted by atomic mass is 15.3. The van der Waals surface area contributed by atoms with Crippen molar-refractivity contribution in [2.45, 2.75) is 32.7 Å². The third kappa shape index (κ3) is 3.18. The SMILES string of the molecule is Cc1cc(N2CCC3CCN(c4nccc(N(C)C)n4)CC32)nc(C)n1. The molecule has 2 fully saturated rings. The van der Waals surface area contributed by atoms with E-state index in [4.69, 9.17) is 9.97 Å². The van der Waals surface area contributed by atoms with Gasteiger partial charge in [0.2, 0.25) is 5.95 Å². The molecule has 2 saturated heterocycles. The number of hydrogen-bond acceptors (Lipinski definition) is 7. The molecule has 0 N–H and O–H groups in total. The largest absolute Gasteiger partial charge is 0.363 e. The van der Waals surface area contributed by atoms with Crippen LogP contribution < -0.4 is 14.7 Å². The van der Waals surface area contributed by atoms with E-state index < -0.39 is 0 Å². The molecule has 2 atom stereocenters. The van der Waals surface area contributed by atoms with Crippen LogP contribution in [0.4, 0.5) is 17.6 Å². The van der Waals surface area contributed by atoms with Gasteiger partial charge < -0.3 is 14.7 Å². The molecule has 7 nitrogen and oxygen atoms in total. The lowest BCUT2D eigenvalue weighted by atomic mass is 9.92. The van der Waals surface area contributed by atoms with Crippen molar-refractivity contribution in [2.75, 3.05) is 48.4 Å². The molecule has 0 aliphatic carbocycles. The van der Waals surface area contributed by atoms with Gasteiger partial charge in [-0.25, -0.2) is 15.0 Å². The average Bonchev–Trinajstić information content (AvgIpc) is 3.04. The molecule has 0 amide bonds. The third-order valence-corrected chi connectivity index (χ3v) is 5.48. The van der Waals surface area contributed by atoms with Gasteiger partial charge in [-0.2, -0.15) is 4.98 Å². The Morgan fingerprint density at radius 2 is 1.88 bits per heavy atom. The summed E-state index contributed by atoms with van der Waals surface area (Å²) in [6.07, 6.45) is 4.27. The smallest absolute Gasteiger partial charge is 0.227 e. The minimum atomic E-state index is 0.462. The van der Waals surface area contributed by atoms with E-state index in [1.807, 2.05) is 45.1 Å². The maximum Gasteiger partial charge on any atom is 0.227 e. The molecule has 138 valence electrons. The van der Waals surface area contributed by atoms with E-state index in [9.17, 15) is 0 Å². The minimum Gasteiger partial charge on any atom is -0.363 e. The van der Waals surface area contributed by atoms with Crippen LogP contribution in [0.2, 0.25) is 0 Å². The lowest BCUT2D eigenvalue weighted by Gasteiger charge is -2.39. The van der Waals surface area contributed by atoms with Crippen molar-refractivity contribution in [3.8, 4) is 0 Å². The molecular formula is C19H27N7. The summed E-state index contributed by atoms with van der Waals surface area (Å²) in [5, 5.41) is 0. The molecule has 2 aliphatic rings. The lowest BCUT2D eigenvalue weighted by Crippen LogP contribution is -2.49. The minimum absolute atomic E-state index is 0.462. The van der Waals surface area contributed by atoms with E-state index in [1.165, 1.54) is 12.8 Å². The van der Waals surface area contributed by atoms with Crippen LogP contribution in [0.15, 0.2) is 18.3 Å². The summed E-state index contributed by atoms with van der Waals surface area (Å²) in [5.74, 6) is 4.41. The van der Waals surface area contributed by atoms with Gasteiger partial charge in [0, 0.05) is 51.7 Å². The average molecular weight is 353 g/mol. The molecule has 0 spiro atoms. The molecule has 4 rings (SSSR count). The van der Waals surface area contributed by atoms with Crippen molar-refractivity contribution in [1.29, 1.82) is 0 Å². The fraction of sp³-hybridized carbons (Fsp3) is 0.579. The maximum atomic E-state index is 4.73. The highest BCUT2D eigenvalue weighted by molar-refractivity contribution is 5.47. The molecule has 0 radical (unpaired) electrons. The molecule has 2 unspecified atom stereocenters. The predicted molar refractivity (Wildman–Crippen MR) is 104 cm³/mol. The first-order valence-corrected chi connectivity index (χ1v) is 9.35. The van der Waals surface area contributed by atoms with E-state index >= 15 is 0 Å². The second-order valence-corrected chi connectivity index (χ2v) is 7.57. The van der Waals surface area contributed by atoms with Crippen molar-refractivity contribution < 1.29 is 0 Å². The van der Waals surface area contributed by atoms with Crippen LogP contribution in [0.3, 0.4) is 0 Å². The molecule has 2 aromatic rings. The monoisotopic (exact) mass is 353 g/mol. The van der Waals surface area contributed by atoms with Gasteiger partial charge in [-0.1, -0.05) is 0 Å². The van der Waals surface area contributed by atoms with Crippen LogP contribution in [-0.2, 0) is 0 Å². The fourth-order valence-corrected chi connectivity index (χ4v) is 4.19. The highest BCUT2D eigenvalue weighted by Crippen LogP contribution is 2.35. The Kier molecular flexibility index (Phi) is 4.38. The molecule has 2 aromatic heterocycles. The Morgan fingerprint density at radius 3 is 2.65 bits per heavy atom. The Bertz CT molecular complexity index is 771. The Balaban J connectivity index is 1.58.